The minimum absolute atomic E-state index is 0. The van der Waals surface area contributed by atoms with Crippen LogP contribution in [-0.4, -0.2) is 71.3 Å². The molecule has 0 aromatic carbocycles. The van der Waals surface area contributed by atoms with E-state index in [4.69, 9.17) is 0 Å². The molecule has 9 nitrogen and oxygen atoms in total. The largest absolute Gasteiger partial charge is 0.336 e. The van der Waals surface area contributed by atoms with E-state index in [9.17, 15) is 13.2 Å². The molecular formula is C16H24Cl2N6O3S. The molecule has 2 aromatic heterocycles. The maximum atomic E-state index is 12.8. The number of carbonyl (C=O) groups excluding carboxylic acids is 1. The van der Waals surface area contributed by atoms with Gasteiger partial charge >= 0.3 is 0 Å². The number of hydrogen-bond donors (Lipinski definition) is 1. The minimum Gasteiger partial charge on any atom is -0.336 e. The van der Waals surface area contributed by atoms with E-state index in [-0.39, 0.29) is 48.2 Å². The van der Waals surface area contributed by atoms with Crippen LogP contribution in [-0.2, 0) is 21.9 Å². The number of pyridine rings is 1. The monoisotopic (exact) mass is 450 g/mol. The molecule has 1 aliphatic rings. The normalized spacial score (nSPS) is 17.0. The average molecular weight is 451 g/mol. The van der Waals surface area contributed by atoms with Gasteiger partial charge in [0.05, 0.1) is 6.54 Å². The van der Waals surface area contributed by atoms with Crippen LogP contribution in [0.3, 0.4) is 0 Å². The first-order valence-electron chi connectivity index (χ1n) is 8.25. The number of halogens is 2. The summed E-state index contributed by atoms with van der Waals surface area (Å²) in [5.74, 6) is 0.512. The number of nitrogens with zero attached hydrogens (tertiary/aromatic N) is 5. The van der Waals surface area contributed by atoms with Crippen molar-refractivity contribution in [2.75, 3.05) is 33.2 Å². The molecule has 0 bridgehead atoms. The molecule has 1 aliphatic heterocycles. The molecule has 0 radical (unpaired) electrons. The lowest BCUT2D eigenvalue weighted by molar-refractivity contribution is -0.134. The van der Waals surface area contributed by atoms with E-state index >= 15 is 0 Å². The summed E-state index contributed by atoms with van der Waals surface area (Å²) in [6.07, 6.45) is 6.29. The molecule has 1 unspecified atom stereocenters. The van der Waals surface area contributed by atoms with Crippen molar-refractivity contribution in [3.05, 3.63) is 42.7 Å². The Hall–Kier alpha value is -1.72. The van der Waals surface area contributed by atoms with Crippen LogP contribution in [0.15, 0.2) is 41.8 Å². The molecular weight excluding hydrogens is 427 g/mol. The number of sulfonamides is 1. The summed E-state index contributed by atoms with van der Waals surface area (Å²) in [7, 11) is -0.491. The van der Waals surface area contributed by atoms with Gasteiger partial charge in [0, 0.05) is 58.5 Å². The SMILES string of the molecule is CN(CC(=O)N1CCNCC1c1nccn1C)S(=O)(=O)c1cccnc1.Cl.Cl. The second-order valence-corrected chi connectivity index (χ2v) is 8.20. The number of imidazole rings is 1. The van der Waals surface area contributed by atoms with Gasteiger partial charge in [0.1, 0.15) is 16.8 Å². The fraction of sp³-hybridized carbons (Fsp3) is 0.438. The van der Waals surface area contributed by atoms with E-state index in [1.54, 1.807) is 17.2 Å². The highest BCUT2D eigenvalue weighted by atomic mass is 35.5. The predicted molar refractivity (Wildman–Crippen MR) is 109 cm³/mol. The summed E-state index contributed by atoms with van der Waals surface area (Å²) in [6.45, 7) is 1.50. The van der Waals surface area contributed by atoms with Crippen LogP contribution < -0.4 is 5.32 Å². The van der Waals surface area contributed by atoms with Gasteiger partial charge in [0.25, 0.3) is 0 Å². The molecule has 0 aliphatic carbocycles. The van der Waals surface area contributed by atoms with E-state index in [1.165, 1.54) is 25.5 Å². The zero-order valence-electron chi connectivity index (χ0n) is 15.6. The number of likely N-dealkylation sites (N-methyl/N-ethyl adjacent to an activating group) is 1. The highest BCUT2D eigenvalue weighted by Gasteiger charge is 2.32. The van der Waals surface area contributed by atoms with E-state index in [1.807, 2.05) is 17.8 Å². The number of nitrogens with one attached hydrogen (secondary N) is 1. The molecule has 1 N–H and O–H groups in total. The van der Waals surface area contributed by atoms with Crippen molar-refractivity contribution in [3.8, 4) is 0 Å². The lowest BCUT2D eigenvalue weighted by atomic mass is 10.1. The van der Waals surface area contributed by atoms with Gasteiger partial charge in [0.15, 0.2) is 0 Å². The number of piperazine rings is 1. The second kappa shape index (κ2) is 10.2. The van der Waals surface area contributed by atoms with Gasteiger partial charge in [-0.3, -0.25) is 9.78 Å². The third kappa shape index (κ3) is 5.00. The first-order chi connectivity index (χ1) is 12.4. The van der Waals surface area contributed by atoms with E-state index in [0.29, 0.717) is 19.6 Å². The molecule has 1 fully saturated rings. The van der Waals surface area contributed by atoms with Crippen LogP contribution in [0.25, 0.3) is 0 Å². The lowest BCUT2D eigenvalue weighted by Gasteiger charge is -2.36. The standard InChI is InChI=1S/C16H22N6O3S.2ClH/c1-20-8-7-19-16(20)14-11-18-6-9-22(14)15(23)12-21(2)26(24,25)13-4-3-5-17-10-13;;/h3-5,7-8,10,14,18H,6,9,11-12H2,1-2H3;2*1H. The zero-order chi connectivity index (χ0) is 18.7. The summed E-state index contributed by atoms with van der Waals surface area (Å²) in [4.78, 5) is 22.8. The summed E-state index contributed by atoms with van der Waals surface area (Å²) in [5, 5.41) is 3.26. The molecule has 3 heterocycles. The van der Waals surface area contributed by atoms with Crippen molar-refractivity contribution in [1.82, 2.24) is 29.1 Å². The van der Waals surface area contributed by atoms with Crippen molar-refractivity contribution in [2.24, 2.45) is 7.05 Å². The molecule has 0 saturated carbocycles. The Bertz CT molecular complexity index is 878. The van der Waals surface area contributed by atoms with Gasteiger partial charge in [0.2, 0.25) is 15.9 Å². The predicted octanol–water partition coefficient (Wildman–Crippen LogP) is 0.452. The fourth-order valence-electron chi connectivity index (χ4n) is 2.98. The maximum absolute atomic E-state index is 12.8. The first-order valence-corrected chi connectivity index (χ1v) is 9.69. The molecule has 156 valence electrons. The Morgan fingerprint density at radius 3 is 2.71 bits per heavy atom. The van der Waals surface area contributed by atoms with Gasteiger partial charge in [-0.25, -0.2) is 13.4 Å². The van der Waals surface area contributed by atoms with Crippen molar-refractivity contribution < 1.29 is 13.2 Å². The molecule has 1 atom stereocenters. The number of hydrogen-bond acceptors (Lipinski definition) is 6. The molecule has 3 rings (SSSR count). The fourth-order valence-corrected chi connectivity index (χ4v) is 4.06. The van der Waals surface area contributed by atoms with Crippen LogP contribution in [0.1, 0.15) is 11.9 Å². The van der Waals surface area contributed by atoms with Gasteiger partial charge in [-0.1, -0.05) is 0 Å². The summed E-state index contributed by atoms with van der Waals surface area (Å²) >= 11 is 0. The van der Waals surface area contributed by atoms with Crippen LogP contribution in [0.4, 0.5) is 0 Å². The Morgan fingerprint density at radius 1 is 1.36 bits per heavy atom. The van der Waals surface area contributed by atoms with Crippen molar-refractivity contribution in [2.45, 2.75) is 10.9 Å². The summed E-state index contributed by atoms with van der Waals surface area (Å²) in [5.41, 5.74) is 0. The Balaban J connectivity index is 0.00000196. The smallest absolute Gasteiger partial charge is 0.244 e. The highest BCUT2D eigenvalue weighted by molar-refractivity contribution is 7.89. The highest BCUT2D eigenvalue weighted by Crippen LogP contribution is 2.21. The molecule has 1 saturated heterocycles. The Kier molecular flexibility index (Phi) is 8.83. The maximum Gasteiger partial charge on any atom is 0.244 e. The van der Waals surface area contributed by atoms with E-state index < -0.39 is 10.0 Å². The summed E-state index contributed by atoms with van der Waals surface area (Å²) in [6, 6.07) is 2.78. The molecule has 12 heteroatoms. The van der Waals surface area contributed by atoms with Crippen LogP contribution >= 0.6 is 24.8 Å². The molecule has 2 aromatic rings. The average Bonchev–Trinajstić information content (AvgIpc) is 3.08. The van der Waals surface area contributed by atoms with E-state index in [0.717, 1.165) is 10.1 Å². The Labute approximate surface area is 177 Å². The van der Waals surface area contributed by atoms with Gasteiger partial charge in [-0.15, -0.1) is 24.8 Å². The third-order valence-electron chi connectivity index (χ3n) is 4.42. The minimum atomic E-state index is -3.77. The van der Waals surface area contributed by atoms with Gasteiger partial charge < -0.3 is 14.8 Å². The lowest BCUT2D eigenvalue weighted by Crippen LogP contribution is -2.52. The van der Waals surface area contributed by atoms with Crippen LogP contribution in [0.5, 0.6) is 0 Å². The Morgan fingerprint density at radius 2 is 2.11 bits per heavy atom. The van der Waals surface area contributed by atoms with Crippen LogP contribution in [0, 0.1) is 0 Å². The number of rotatable bonds is 5. The number of aromatic nitrogens is 3. The van der Waals surface area contributed by atoms with Gasteiger partial charge in [-0.05, 0) is 12.1 Å². The zero-order valence-corrected chi connectivity index (χ0v) is 18.0. The third-order valence-corrected chi connectivity index (χ3v) is 6.21. The van der Waals surface area contributed by atoms with Gasteiger partial charge in [-0.2, -0.15) is 4.31 Å². The van der Waals surface area contributed by atoms with E-state index in [2.05, 4.69) is 15.3 Å². The first kappa shape index (κ1) is 24.3. The molecule has 1 amide bonds. The van der Waals surface area contributed by atoms with Crippen molar-refractivity contribution >= 4 is 40.7 Å². The molecule has 0 spiro atoms. The topological polar surface area (TPSA) is 100 Å². The molecule has 28 heavy (non-hydrogen) atoms. The van der Waals surface area contributed by atoms with Crippen molar-refractivity contribution in [3.63, 3.8) is 0 Å². The second-order valence-electron chi connectivity index (χ2n) is 6.15. The number of carbonyl (C=O) groups is 1. The quantitative estimate of drug-likeness (QED) is 0.709. The number of aryl methyl sites for hydroxylation is 1. The summed E-state index contributed by atoms with van der Waals surface area (Å²) < 4.78 is 28.1. The van der Waals surface area contributed by atoms with Crippen LogP contribution in [0.2, 0.25) is 0 Å². The number of amides is 1. The van der Waals surface area contributed by atoms with Crippen molar-refractivity contribution in [1.29, 1.82) is 0 Å².